The Balaban J connectivity index is 2.44. The molecule has 1 heterocycles. The monoisotopic (exact) mass is 230 g/mol. The number of aliphatic carboxylic acids is 1. The van der Waals surface area contributed by atoms with Gasteiger partial charge in [-0.2, -0.15) is 0 Å². The van der Waals surface area contributed by atoms with E-state index in [0.29, 0.717) is 6.54 Å². The van der Waals surface area contributed by atoms with E-state index in [9.17, 15) is 14.7 Å². The van der Waals surface area contributed by atoms with Crippen LogP contribution in [0.15, 0.2) is 0 Å². The van der Waals surface area contributed by atoms with E-state index in [4.69, 9.17) is 5.11 Å². The quantitative estimate of drug-likeness (QED) is 0.486. The predicted molar refractivity (Wildman–Crippen MR) is 56.8 cm³/mol. The van der Waals surface area contributed by atoms with E-state index in [0.717, 1.165) is 13.5 Å². The lowest BCUT2D eigenvalue weighted by atomic mass is 9.97. The summed E-state index contributed by atoms with van der Waals surface area (Å²) in [5, 5.41) is 23.6. The molecule has 1 aliphatic rings. The Morgan fingerprint density at radius 3 is 2.56 bits per heavy atom. The second kappa shape index (κ2) is 4.80. The van der Waals surface area contributed by atoms with Crippen molar-refractivity contribution >= 4 is 11.9 Å². The predicted octanol–water partition coefficient (Wildman–Crippen LogP) is -1.21. The van der Waals surface area contributed by atoms with E-state index in [-0.39, 0.29) is 24.3 Å². The first-order chi connectivity index (χ1) is 7.34. The number of hydrogen-bond donors (Lipinski definition) is 4. The molecule has 1 amide bonds. The van der Waals surface area contributed by atoms with Gasteiger partial charge in [0.15, 0.2) is 5.60 Å². The van der Waals surface area contributed by atoms with Crippen molar-refractivity contribution in [3.8, 4) is 0 Å². The zero-order valence-corrected chi connectivity index (χ0v) is 9.49. The highest BCUT2D eigenvalue weighted by Gasteiger charge is 2.34. The van der Waals surface area contributed by atoms with Crippen molar-refractivity contribution in [1.29, 1.82) is 0 Å². The first-order valence-electron chi connectivity index (χ1n) is 5.29. The van der Waals surface area contributed by atoms with Gasteiger partial charge in [0.25, 0.3) is 0 Å². The Morgan fingerprint density at radius 1 is 1.50 bits per heavy atom. The number of carbonyl (C=O) groups is 2. The van der Waals surface area contributed by atoms with E-state index in [1.54, 1.807) is 0 Å². The van der Waals surface area contributed by atoms with E-state index in [1.807, 2.05) is 6.92 Å². The Hall–Kier alpha value is -1.14. The number of carboxylic acid groups (broad SMARTS) is 1. The highest BCUT2D eigenvalue weighted by atomic mass is 16.4. The van der Waals surface area contributed by atoms with Gasteiger partial charge in [0.05, 0.1) is 12.5 Å². The molecule has 0 aromatic carbocycles. The molecule has 0 saturated carbocycles. The van der Waals surface area contributed by atoms with E-state index < -0.39 is 11.6 Å². The van der Waals surface area contributed by atoms with Gasteiger partial charge in [-0.05, 0) is 19.4 Å². The summed E-state index contributed by atoms with van der Waals surface area (Å²) in [6.45, 7) is 4.23. The smallest absolute Gasteiger partial charge is 0.337 e. The van der Waals surface area contributed by atoms with Crippen LogP contribution in [0.4, 0.5) is 0 Å². The van der Waals surface area contributed by atoms with Gasteiger partial charge in [-0.15, -0.1) is 0 Å². The summed E-state index contributed by atoms with van der Waals surface area (Å²) < 4.78 is 0. The third-order valence-corrected chi connectivity index (χ3v) is 2.92. The van der Waals surface area contributed by atoms with Gasteiger partial charge < -0.3 is 20.8 Å². The van der Waals surface area contributed by atoms with Crippen LogP contribution < -0.4 is 10.6 Å². The average molecular weight is 230 g/mol. The number of carboxylic acids is 1. The van der Waals surface area contributed by atoms with Gasteiger partial charge in [-0.25, -0.2) is 4.79 Å². The van der Waals surface area contributed by atoms with Crippen molar-refractivity contribution in [3.63, 3.8) is 0 Å². The Bertz CT molecular complexity index is 291. The Labute approximate surface area is 94.0 Å². The van der Waals surface area contributed by atoms with Crippen molar-refractivity contribution in [1.82, 2.24) is 10.6 Å². The summed E-state index contributed by atoms with van der Waals surface area (Å²) in [5.74, 6) is -1.47. The summed E-state index contributed by atoms with van der Waals surface area (Å²) in [5.41, 5.74) is -1.91. The highest BCUT2D eigenvalue weighted by molar-refractivity contribution is 5.82. The van der Waals surface area contributed by atoms with E-state index in [1.165, 1.54) is 0 Å². The largest absolute Gasteiger partial charge is 0.479 e. The van der Waals surface area contributed by atoms with Gasteiger partial charge in [0.1, 0.15) is 0 Å². The van der Waals surface area contributed by atoms with Crippen LogP contribution in [0.1, 0.15) is 13.8 Å². The maximum absolute atomic E-state index is 11.7. The Kier molecular flexibility index (Phi) is 3.88. The maximum Gasteiger partial charge on any atom is 0.337 e. The first kappa shape index (κ1) is 12.9. The van der Waals surface area contributed by atoms with Crippen molar-refractivity contribution < 1.29 is 19.8 Å². The fourth-order valence-electron chi connectivity index (χ4n) is 1.63. The second-order valence-corrected chi connectivity index (χ2v) is 4.54. The molecule has 1 aliphatic heterocycles. The molecule has 1 fully saturated rings. The summed E-state index contributed by atoms with van der Waals surface area (Å²) in [7, 11) is 0. The highest BCUT2D eigenvalue weighted by Crippen LogP contribution is 2.15. The van der Waals surface area contributed by atoms with Crippen LogP contribution in [0.25, 0.3) is 0 Å². The maximum atomic E-state index is 11.7. The van der Waals surface area contributed by atoms with Crippen LogP contribution in [0, 0.1) is 11.8 Å². The number of nitrogens with one attached hydrogen (secondary N) is 2. The van der Waals surface area contributed by atoms with E-state index >= 15 is 0 Å². The number of amides is 1. The second-order valence-electron chi connectivity index (χ2n) is 4.54. The average Bonchev–Trinajstić information content (AvgIpc) is 2.61. The van der Waals surface area contributed by atoms with Crippen LogP contribution in [0.2, 0.25) is 0 Å². The lowest BCUT2D eigenvalue weighted by Gasteiger charge is -2.20. The number of carbonyl (C=O) groups excluding carboxylic acids is 1. The third-order valence-electron chi connectivity index (χ3n) is 2.92. The van der Waals surface area contributed by atoms with Crippen LogP contribution >= 0.6 is 0 Å². The number of aliphatic hydroxyl groups is 1. The normalized spacial score (nSPS) is 28.4. The summed E-state index contributed by atoms with van der Waals surface area (Å²) in [6.07, 6.45) is 0. The molecule has 6 heteroatoms. The van der Waals surface area contributed by atoms with Crippen LogP contribution in [0.3, 0.4) is 0 Å². The molecule has 1 saturated heterocycles. The molecule has 0 aliphatic carbocycles. The number of hydrogen-bond acceptors (Lipinski definition) is 4. The molecule has 6 nitrogen and oxygen atoms in total. The van der Waals surface area contributed by atoms with Crippen molar-refractivity contribution in [2.24, 2.45) is 11.8 Å². The summed E-state index contributed by atoms with van der Waals surface area (Å²) in [6, 6.07) is 0. The van der Waals surface area contributed by atoms with Gasteiger partial charge in [0.2, 0.25) is 5.91 Å². The molecule has 1 unspecified atom stereocenters. The van der Waals surface area contributed by atoms with Gasteiger partial charge in [0, 0.05) is 6.54 Å². The molecule has 0 bridgehead atoms. The van der Waals surface area contributed by atoms with Gasteiger partial charge in [-0.3, -0.25) is 4.79 Å². The van der Waals surface area contributed by atoms with Crippen molar-refractivity contribution in [3.05, 3.63) is 0 Å². The number of rotatable bonds is 4. The van der Waals surface area contributed by atoms with Crippen molar-refractivity contribution in [2.45, 2.75) is 19.4 Å². The standard InChI is InChI=1S/C10H18N2O4/c1-6-3-11-4-7(6)8(13)12-5-10(2,16)9(14)15/h6-7,11,16H,3-5H2,1-2H3,(H,12,13)(H,14,15)/t6-,7-,10?/m1/s1. The zero-order chi connectivity index (χ0) is 12.3. The van der Waals surface area contributed by atoms with E-state index in [2.05, 4.69) is 10.6 Å². The first-order valence-corrected chi connectivity index (χ1v) is 5.29. The van der Waals surface area contributed by atoms with Crippen LogP contribution in [-0.4, -0.2) is 47.3 Å². The topological polar surface area (TPSA) is 98.7 Å². The molecule has 92 valence electrons. The van der Waals surface area contributed by atoms with Crippen molar-refractivity contribution in [2.75, 3.05) is 19.6 Å². The molecular weight excluding hydrogens is 212 g/mol. The molecule has 0 aromatic heterocycles. The molecule has 3 atom stereocenters. The summed E-state index contributed by atoms with van der Waals surface area (Å²) in [4.78, 5) is 22.3. The molecule has 16 heavy (non-hydrogen) atoms. The fourth-order valence-corrected chi connectivity index (χ4v) is 1.63. The fraction of sp³-hybridized carbons (Fsp3) is 0.800. The van der Waals surface area contributed by atoms with Crippen LogP contribution in [0.5, 0.6) is 0 Å². The molecule has 0 spiro atoms. The molecule has 0 aromatic rings. The molecule has 0 radical (unpaired) electrons. The molecule has 1 rings (SSSR count). The lowest BCUT2D eigenvalue weighted by Crippen LogP contribution is -2.48. The Morgan fingerprint density at radius 2 is 2.12 bits per heavy atom. The van der Waals surface area contributed by atoms with Gasteiger partial charge in [-0.1, -0.05) is 6.92 Å². The minimum atomic E-state index is -1.91. The van der Waals surface area contributed by atoms with Gasteiger partial charge >= 0.3 is 5.97 Å². The zero-order valence-electron chi connectivity index (χ0n) is 9.49. The van der Waals surface area contributed by atoms with Crippen LogP contribution in [-0.2, 0) is 9.59 Å². The molecule has 4 N–H and O–H groups in total. The molecular formula is C10H18N2O4. The minimum absolute atomic E-state index is 0.149. The summed E-state index contributed by atoms with van der Waals surface area (Å²) >= 11 is 0. The SMILES string of the molecule is C[C@@H]1CNC[C@H]1C(=O)NCC(C)(O)C(=O)O. The lowest BCUT2D eigenvalue weighted by molar-refractivity contribution is -0.156. The minimum Gasteiger partial charge on any atom is -0.479 e. The third kappa shape index (κ3) is 2.93.